The quantitative estimate of drug-likeness (QED) is 0.545. The second kappa shape index (κ2) is 5.99. The van der Waals surface area contributed by atoms with Crippen molar-refractivity contribution in [2.75, 3.05) is 19.6 Å². The highest BCUT2D eigenvalue weighted by molar-refractivity contribution is 6.02. The second-order valence-electron chi connectivity index (χ2n) is 4.09. The van der Waals surface area contributed by atoms with Crippen LogP contribution in [-0.2, 0) is 14.4 Å². The summed E-state index contributed by atoms with van der Waals surface area (Å²) >= 11 is 0. The summed E-state index contributed by atoms with van der Waals surface area (Å²) in [7, 11) is 0. The highest BCUT2D eigenvalue weighted by atomic mass is 16.4. The minimum absolute atomic E-state index is 0.175. The van der Waals surface area contributed by atoms with Crippen LogP contribution in [0.25, 0.3) is 0 Å². The summed E-state index contributed by atoms with van der Waals surface area (Å²) in [5.41, 5.74) is 0. The maximum absolute atomic E-state index is 11.6. The van der Waals surface area contributed by atoms with Gasteiger partial charge in [0.15, 0.2) is 0 Å². The molecule has 0 aliphatic carbocycles. The molecule has 1 aliphatic rings. The van der Waals surface area contributed by atoms with Crippen molar-refractivity contribution in [3.63, 3.8) is 0 Å². The number of urea groups is 1. The number of piperazine rings is 1. The number of hydrogen-bond donors (Lipinski definition) is 3. The van der Waals surface area contributed by atoms with Gasteiger partial charge < -0.3 is 15.3 Å². The lowest BCUT2D eigenvalue weighted by Crippen LogP contribution is -2.55. The molecular formula is C10H15N3O5. The molecule has 0 spiro atoms. The Labute approximate surface area is 103 Å². The maximum atomic E-state index is 11.6. The third kappa shape index (κ3) is 4.04. The van der Waals surface area contributed by atoms with E-state index in [0.29, 0.717) is 0 Å². The molecule has 1 saturated heterocycles. The van der Waals surface area contributed by atoms with Gasteiger partial charge >= 0.3 is 12.0 Å². The number of rotatable bonds is 4. The molecule has 0 aromatic carbocycles. The van der Waals surface area contributed by atoms with E-state index in [-0.39, 0.29) is 26.1 Å². The third-order valence-corrected chi connectivity index (χ3v) is 2.51. The largest absolute Gasteiger partial charge is 0.481 e. The molecule has 1 heterocycles. The molecule has 1 atom stereocenters. The van der Waals surface area contributed by atoms with E-state index in [2.05, 4.69) is 10.6 Å². The van der Waals surface area contributed by atoms with Crippen LogP contribution < -0.4 is 10.6 Å². The van der Waals surface area contributed by atoms with Gasteiger partial charge in [0.05, 0.1) is 5.92 Å². The van der Waals surface area contributed by atoms with Crippen molar-refractivity contribution in [3.8, 4) is 0 Å². The first-order valence-electron chi connectivity index (χ1n) is 5.48. The highest BCUT2D eigenvalue weighted by Crippen LogP contribution is 2.01. The van der Waals surface area contributed by atoms with Crippen molar-refractivity contribution in [2.45, 2.75) is 13.3 Å². The van der Waals surface area contributed by atoms with Crippen molar-refractivity contribution in [3.05, 3.63) is 0 Å². The van der Waals surface area contributed by atoms with Crippen LogP contribution in [0.1, 0.15) is 13.3 Å². The van der Waals surface area contributed by atoms with Crippen LogP contribution in [0.4, 0.5) is 4.79 Å². The number of imide groups is 1. The molecule has 3 N–H and O–H groups in total. The van der Waals surface area contributed by atoms with Crippen molar-refractivity contribution < 1.29 is 24.3 Å². The number of amides is 4. The van der Waals surface area contributed by atoms with E-state index in [1.54, 1.807) is 0 Å². The van der Waals surface area contributed by atoms with Crippen molar-refractivity contribution in [1.29, 1.82) is 0 Å². The predicted molar refractivity (Wildman–Crippen MR) is 59.5 cm³/mol. The van der Waals surface area contributed by atoms with Gasteiger partial charge in [0.1, 0.15) is 13.1 Å². The van der Waals surface area contributed by atoms with Crippen LogP contribution in [0.2, 0.25) is 0 Å². The van der Waals surface area contributed by atoms with Gasteiger partial charge in [-0.1, -0.05) is 6.92 Å². The van der Waals surface area contributed by atoms with E-state index in [1.165, 1.54) is 6.92 Å². The molecule has 4 amide bonds. The summed E-state index contributed by atoms with van der Waals surface area (Å²) in [6, 6.07) is -0.546. The molecule has 1 fully saturated rings. The first kappa shape index (κ1) is 13.9. The molecular weight excluding hydrogens is 242 g/mol. The molecule has 1 rings (SSSR count). The van der Waals surface area contributed by atoms with Gasteiger partial charge in [0.25, 0.3) is 0 Å². The number of carboxylic acid groups (broad SMARTS) is 1. The molecule has 100 valence electrons. The van der Waals surface area contributed by atoms with Crippen LogP contribution in [0, 0.1) is 5.92 Å². The number of nitrogens with zero attached hydrogens (tertiary/aromatic N) is 1. The molecule has 0 bridgehead atoms. The van der Waals surface area contributed by atoms with E-state index in [4.69, 9.17) is 5.11 Å². The van der Waals surface area contributed by atoms with Gasteiger partial charge in [-0.05, 0) is 6.42 Å². The molecule has 0 saturated carbocycles. The molecule has 1 unspecified atom stereocenters. The maximum Gasteiger partial charge on any atom is 0.318 e. The summed E-state index contributed by atoms with van der Waals surface area (Å²) < 4.78 is 0. The summed E-state index contributed by atoms with van der Waals surface area (Å²) in [5.74, 6) is -2.55. The zero-order valence-corrected chi connectivity index (χ0v) is 9.93. The fourth-order valence-corrected chi connectivity index (χ4v) is 1.41. The smallest absolute Gasteiger partial charge is 0.318 e. The van der Waals surface area contributed by atoms with Gasteiger partial charge in [-0.2, -0.15) is 0 Å². The lowest BCUT2D eigenvalue weighted by Gasteiger charge is -2.25. The Hall–Kier alpha value is -2.12. The highest BCUT2D eigenvalue weighted by Gasteiger charge is 2.26. The van der Waals surface area contributed by atoms with E-state index in [9.17, 15) is 19.2 Å². The van der Waals surface area contributed by atoms with E-state index in [1.807, 2.05) is 0 Å². The Balaban J connectivity index is 2.34. The lowest BCUT2D eigenvalue weighted by atomic mass is 10.1. The van der Waals surface area contributed by atoms with Gasteiger partial charge in [0, 0.05) is 6.54 Å². The Morgan fingerprint density at radius 2 is 1.94 bits per heavy atom. The summed E-state index contributed by atoms with van der Waals surface area (Å²) in [4.78, 5) is 45.3. The van der Waals surface area contributed by atoms with Gasteiger partial charge in [-0.15, -0.1) is 0 Å². The standard InChI is InChI=1S/C10H15N3O5/c1-6(9(16)17)2-3-11-10(18)13-4-7(14)12-8(15)5-13/h6H,2-5H2,1H3,(H,11,18)(H,16,17)(H,12,14,15). The van der Waals surface area contributed by atoms with Crippen LogP contribution in [0.5, 0.6) is 0 Å². The Bertz CT molecular complexity index is 366. The minimum Gasteiger partial charge on any atom is -0.481 e. The molecule has 1 aliphatic heterocycles. The van der Waals surface area contributed by atoms with Crippen molar-refractivity contribution in [1.82, 2.24) is 15.5 Å². The Morgan fingerprint density at radius 3 is 2.44 bits per heavy atom. The van der Waals surface area contributed by atoms with Gasteiger partial charge in [-0.3, -0.25) is 19.7 Å². The number of carbonyl (C=O) groups excluding carboxylic acids is 3. The zero-order chi connectivity index (χ0) is 13.7. The minimum atomic E-state index is -0.934. The number of nitrogens with one attached hydrogen (secondary N) is 2. The Kier molecular flexibility index (Phi) is 4.64. The van der Waals surface area contributed by atoms with Crippen molar-refractivity contribution in [2.24, 2.45) is 5.92 Å². The second-order valence-corrected chi connectivity index (χ2v) is 4.09. The van der Waals surface area contributed by atoms with Crippen LogP contribution in [0.15, 0.2) is 0 Å². The van der Waals surface area contributed by atoms with Gasteiger partial charge in [0.2, 0.25) is 11.8 Å². The average molecular weight is 257 g/mol. The number of carboxylic acids is 1. The van der Waals surface area contributed by atoms with E-state index in [0.717, 1.165) is 4.90 Å². The van der Waals surface area contributed by atoms with Crippen LogP contribution in [0.3, 0.4) is 0 Å². The van der Waals surface area contributed by atoms with Crippen LogP contribution >= 0.6 is 0 Å². The van der Waals surface area contributed by atoms with Gasteiger partial charge in [-0.25, -0.2) is 4.79 Å². The van der Waals surface area contributed by atoms with E-state index >= 15 is 0 Å². The third-order valence-electron chi connectivity index (χ3n) is 2.51. The number of aliphatic carboxylic acids is 1. The number of carbonyl (C=O) groups is 4. The summed E-state index contributed by atoms with van der Waals surface area (Å²) in [6.07, 6.45) is 0.287. The summed E-state index contributed by atoms with van der Waals surface area (Å²) in [6.45, 7) is 1.36. The molecule has 8 nitrogen and oxygen atoms in total. The average Bonchev–Trinajstić information content (AvgIpc) is 2.27. The molecule has 18 heavy (non-hydrogen) atoms. The lowest BCUT2D eigenvalue weighted by molar-refractivity contribution is -0.141. The Morgan fingerprint density at radius 1 is 1.39 bits per heavy atom. The van der Waals surface area contributed by atoms with Crippen molar-refractivity contribution >= 4 is 23.8 Å². The normalized spacial score (nSPS) is 17.1. The summed E-state index contributed by atoms with van der Waals surface area (Å²) in [5, 5.41) is 13.2. The molecule has 0 aromatic heterocycles. The molecule has 8 heteroatoms. The predicted octanol–water partition coefficient (Wildman–Crippen LogP) is -1.23. The number of hydrogen-bond acceptors (Lipinski definition) is 4. The van der Waals surface area contributed by atoms with Crippen LogP contribution in [-0.4, -0.2) is 53.5 Å². The zero-order valence-electron chi connectivity index (χ0n) is 9.93. The monoisotopic (exact) mass is 257 g/mol. The topological polar surface area (TPSA) is 116 Å². The first-order chi connectivity index (χ1) is 8.40. The first-order valence-corrected chi connectivity index (χ1v) is 5.48. The fraction of sp³-hybridized carbons (Fsp3) is 0.600. The molecule has 0 radical (unpaired) electrons. The fourth-order valence-electron chi connectivity index (χ4n) is 1.41. The SMILES string of the molecule is CC(CCNC(=O)N1CC(=O)NC(=O)C1)C(=O)O. The molecule has 0 aromatic rings. The van der Waals surface area contributed by atoms with E-state index < -0.39 is 29.7 Å².